The minimum atomic E-state index is 0.337. The molecule has 0 amide bonds. The van der Waals surface area contributed by atoms with Crippen molar-refractivity contribution in [2.75, 3.05) is 5.73 Å². The lowest BCUT2D eigenvalue weighted by molar-refractivity contribution is 0.186. The number of benzene rings is 1. The van der Waals surface area contributed by atoms with Crippen LogP contribution >= 0.6 is 0 Å². The second kappa shape index (κ2) is 5.53. The van der Waals surface area contributed by atoms with Gasteiger partial charge in [-0.2, -0.15) is 0 Å². The average Bonchev–Trinajstić information content (AvgIpc) is 2.20. The Bertz CT molecular complexity index is 256. The second-order valence-electron chi connectivity index (χ2n) is 3.51. The molecule has 78 valence electrons. The minimum Gasteiger partial charge on any atom is -0.490 e. The Morgan fingerprint density at radius 2 is 1.86 bits per heavy atom. The van der Waals surface area contributed by atoms with Crippen LogP contribution in [0.5, 0.6) is 5.75 Å². The van der Waals surface area contributed by atoms with E-state index in [4.69, 9.17) is 10.5 Å². The Morgan fingerprint density at radius 3 is 2.36 bits per heavy atom. The van der Waals surface area contributed by atoms with E-state index in [0.717, 1.165) is 30.7 Å². The van der Waals surface area contributed by atoms with E-state index in [-0.39, 0.29) is 0 Å². The SMILES string of the molecule is CCCC(CC)Oc1ccc(N)cc1. The molecule has 1 rings (SSSR count). The summed E-state index contributed by atoms with van der Waals surface area (Å²) in [7, 11) is 0. The monoisotopic (exact) mass is 193 g/mol. The molecule has 1 aromatic rings. The van der Waals surface area contributed by atoms with Crippen molar-refractivity contribution < 1.29 is 4.74 Å². The third kappa shape index (κ3) is 3.29. The molecule has 0 aliphatic heterocycles. The summed E-state index contributed by atoms with van der Waals surface area (Å²) in [6, 6.07) is 7.59. The van der Waals surface area contributed by atoms with Crippen molar-refractivity contribution in [1.29, 1.82) is 0 Å². The first-order chi connectivity index (χ1) is 6.76. The van der Waals surface area contributed by atoms with Crippen LogP contribution in [0.3, 0.4) is 0 Å². The van der Waals surface area contributed by atoms with Gasteiger partial charge in [0.1, 0.15) is 5.75 Å². The van der Waals surface area contributed by atoms with Gasteiger partial charge in [-0.15, -0.1) is 0 Å². The van der Waals surface area contributed by atoms with Crippen LogP contribution in [0.15, 0.2) is 24.3 Å². The van der Waals surface area contributed by atoms with Crippen LogP contribution in [-0.4, -0.2) is 6.10 Å². The predicted octanol–water partition coefficient (Wildman–Crippen LogP) is 3.23. The van der Waals surface area contributed by atoms with Crippen molar-refractivity contribution in [3.05, 3.63) is 24.3 Å². The van der Waals surface area contributed by atoms with Gasteiger partial charge in [0.2, 0.25) is 0 Å². The summed E-state index contributed by atoms with van der Waals surface area (Å²) in [5.41, 5.74) is 6.37. The Morgan fingerprint density at radius 1 is 1.21 bits per heavy atom. The van der Waals surface area contributed by atoms with Gasteiger partial charge in [0.15, 0.2) is 0 Å². The van der Waals surface area contributed by atoms with Crippen molar-refractivity contribution in [2.24, 2.45) is 0 Å². The first-order valence-electron chi connectivity index (χ1n) is 5.28. The van der Waals surface area contributed by atoms with E-state index in [1.807, 2.05) is 24.3 Å². The van der Waals surface area contributed by atoms with Crippen LogP contribution in [0.2, 0.25) is 0 Å². The lowest BCUT2D eigenvalue weighted by Crippen LogP contribution is -2.14. The molecule has 2 heteroatoms. The van der Waals surface area contributed by atoms with Crippen LogP contribution < -0.4 is 10.5 Å². The van der Waals surface area contributed by atoms with Crippen molar-refractivity contribution >= 4 is 5.69 Å². The molecular formula is C12H19NO. The van der Waals surface area contributed by atoms with E-state index in [2.05, 4.69) is 13.8 Å². The lowest BCUT2D eigenvalue weighted by Gasteiger charge is -2.16. The van der Waals surface area contributed by atoms with Gasteiger partial charge in [-0.25, -0.2) is 0 Å². The maximum atomic E-state index is 5.80. The molecule has 0 fully saturated rings. The molecule has 1 unspecified atom stereocenters. The van der Waals surface area contributed by atoms with Gasteiger partial charge < -0.3 is 10.5 Å². The van der Waals surface area contributed by atoms with E-state index in [0.29, 0.717) is 6.10 Å². The molecule has 14 heavy (non-hydrogen) atoms. The number of hydrogen-bond acceptors (Lipinski definition) is 2. The van der Waals surface area contributed by atoms with Gasteiger partial charge in [-0.05, 0) is 37.1 Å². The Kier molecular flexibility index (Phi) is 4.30. The molecule has 0 radical (unpaired) electrons. The molecule has 0 aromatic heterocycles. The second-order valence-corrected chi connectivity index (χ2v) is 3.51. The highest BCUT2D eigenvalue weighted by atomic mass is 16.5. The highest BCUT2D eigenvalue weighted by Gasteiger charge is 2.05. The normalized spacial score (nSPS) is 12.4. The quantitative estimate of drug-likeness (QED) is 0.729. The molecular weight excluding hydrogens is 174 g/mol. The summed E-state index contributed by atoms with van der Waals surface area (Å²) < 4.78 is 5.80. The molecule has 2 N–H and O–H groups in total. The Hall–Kier alpha value is -1.18. The number of hydrogen-bond donors (Lipinski definition) is 1. The number of nitrogens with two attached hydrogens (primary N) is 1. The van der Waals surface area contributed by atoms with Gasteiger partial charge in [-0.3, -0.25) is 0 Å². The predicted molar refractivity (Wildman–Crippen MR) is 60.5 cm³/mol. The van der Waals surface area contributed by atoms with Gasteiger partial charge >= 0.3 is 0 Å². The maximum Gasteiger partial charge on any atom is 0.119 e. The van der Waals surface area contributed by atoms with Crippen LogP contribution in [0, 0.1) is 0 Å². The molecule has 0 saturated carbocycles. The van der Waals surface area contributed by atoms with Crippen molar-refractivity contribution in [1.82, 2.24) is 0 Å². The molecule has 0 spiro atoms. The average molecular weight is 193 g/mol. The fourth-order valence-corrected chi connectivity index (χ4v) is 1.41. The molecule has 1 atom stereocenters. The van der Waals surface area contributed by atoms with Crippen LogP contribution in [0.4, 0.5) is 5.69 Å². The number of rotatable bonds is 5. The maximum absolute atomic E-state index is 5.80. The van der Waals surface area contributed by atoms with E-state index < -0.39 is 0 Å². The van der Waals surface area contributed by atoms with Crippen LogP contribution in [0.25, 0.3) is 0 Å². The number of nitrogen functional groups attached to an aromatic ring is 1. The fourth-order valence-electron chi connectivity index (χ4n) is 1.41. The molecule has 2 nitrogen and oxygen atoms in total. The summed E-state index contributed by atoms with van der Waals surface area (Å²) >= 11 is 0. The van der Waals surface area contributed by atoms with E-state index in [1.165, 1.54) is 0 Å². The van der Waals surface area contributed by atoms with Crippen molar-refractivity contribution in [3.8, 4) is 5.75 Å². The third-order valence-corrected chi connectivity index (χ3v) is 2.25. The Balaban J connectivity index is 2.53. The first kappa shape index (κ1) is 10.9. The first-order valence-corrected chi connectivity index (χ1v) is 5.28. The van der Waals surface area contributed by atoms with Gasteiger partial charge in [0, 0.05) is 5.69 Å². The molecule has 0 heterocycles. The van der Waals surface area contributed by atoms with Crippen molar-refractivity contribution in [2.45, 2.75) is 39.2 Å². The van der Waals surface area contributed by atoms with E-state index in [1.54, 1.807) is 0 Å². The molecule has 1 aromatic carbocycles. The third-order valence-electron chi connectivity index (χ3n) is 2.25. The molecule has 0 aliphatic rings. The van der Waals surface area contributed by atoms with Crippen LogP contribution in [0.1, 0.15) is 33.1 Å². The lowest BCUT2D eigenvalue weighted by atomic mass is 10.1. The zero-order valence-electron chi connectivity index (χ0n) is 8.99. The zero-order valence-corrected chi connectivity index (χ0v) is 8.99. The van der Waals surface area contributed by atoms with E-state index in [9.17, 15) is 0 Å². The highest BCUT2D eigenvalue weighted by Crippen LogP contribution is 2.17. The minimum absolute atomic E-state index is 0.337. The summed E-state index contributed by atoms with van der Waals surface area (Å²) in [5, 5.41) is 0. The van der Waals surface area contributed by atoms with Gasteiger partial charge in [0.05, 0.1) is 6.10 Å². The van der Waals surface area contributed by atoms with Gasteiger partial charge in [-0.1, -0.05) is 20.3 Å². The topological polar surface area (TPSA) is 35.2 Å². The number of anilines is 1. The summed E-state index contributed by atoms with van der Waals surface area (Å²) in [6.45, 7) is 4.33. The Labute approximate surface area is 86.1 Å². The van der Waals surface area contributed by atoms with Crippen molar-refractivity contribution in [3.63, 3.8) is 0 Å². The summed E-state index contributed by atoms with van der Waals surface area (Å²) in [5.74, 6) is 0.916. The molecule has 0 bridgehead atoms. The summed E-state index contributed by atoms with van der Waals surface area (Å²) in [4.78, 5) is 0. The largest absolute Gasteiger partial charge is 0.490 e. The molecule has 0 saturated heterocycles. The standard InChI is InChI=1S/C12H19NO/c1-3-5-11(4-2)14-12-8-6-10(13)7-9-12/h6-9,11H,3-5,13H2,1-2H3. The van der Waals surface area contributed by atoms with E-state index >= 15 is 0 Å². The number of ether oxygens (including phenoxy) is 1. The van der Waals surface area contributed by atoms with Gasteiger partial charge in [0.25, 0.3) is 0 Å². The smallest absolute Gasteiger partial charge is 0.119 e. The fraction of sp³-hybridized carbons (Fsp3) is 0.500. The zero-order chi connectivity index (χ0) is 10.4. The molecule has 0 aliphatic carbocycles. The summed E-state index contributed by atoms with van der Waals surface area (Å²) in [6.07, 6.45) is 3.66. The van der Waals surface area contributed by atoms with Crippen LogP contribution in [-0.2, 0) is 0 Å². The highest BCUT2D eigenvalue weighted by molar-refractivity contribution is 5.41.